The highest BCUT2D eigenvalue weighted by Gasteiger charge is 2.16. The number of halogens is 1. The molecule has 2 rings (SSSR count). The summed E-state index contributed by atoms with van der Waals surface area (Å²) < 4.78 is 11.6. The summed E-state index contributed by atoms with van der Waals surface area (Å²) >= 11 is 3.36. The highest BCUT2D eigenvalue weighted by atomic mass is 79.9. The van der Waals surface area contributed by atoms with Crippen LogP contribution in [-0.2, 0) is 0 Å². The average Bonchev–Trinajstić information content (AvgIpc) is 2.55. The number of phenols is 1. The van der Waals surface area contributed by atoms with Crippen LogP contribution in [0.5, 0.6) is 17.2 Å². The first-order chi connectivity index (χ1) is 11.0. The molecular weight excluding hydrogens is 362 g/mol. The van der Waals surface area contributed by atoms with Gasteiger partial charge in [0.2, 0.25) is 0 Å². The van der Waals surface area contributed by atoms with Crippen molar-refractivity contribution in [1.82, 2.24) is 4.90 Å². The molecule has 0 radical (unpaired) electrons. The van der Waals surface area contributed by atoms with E-state index in [1.807, 2.05) is 24.3 Å². The lowest BCUT2D eigenvalue weighted by atomic mass is 10.1. The molecule has 1 N–H and O–H groups in total. The van der Waals surface area contributed by atoms with E-state index < -0.39 is 0 Å². The molecule has 5 nitrogen and oxygen atoms in total. The van der Waals surface area contributed by atoms with Gasteiger partial charge in [-0.05, 0) is 36.4 Å². The molecular formula is C17H18BrNO4. The number of hydrogen-bond acceptors (Lipinski definition) is 4. The zero-order valence-electron chi connectivity index (χ0n) is 13.0. The number of likely N-dealkylation sites (N-methyl/N-ethyl adjacent to an activating group) is 1. The van der Waals surface area contributed by atoms with Gasteiger partial charge in [-0.1, -0.05) is 15.9 Å². The van der Waals surface area contributed by atoms with Gasteiger partial charge in [0.15, 0.2) is 0 Å². The molecule has 0 aliphatic rings. The fourth-order valence-corrected chi connectivity index (χ4v) is 2.22. The number of nitrogens with zero attached hydrogens (tertiary/aromatic N) is 1. The summed E-state index contributed by atoms with van der Waals surface area (Å²) in [5.41, 5.74) is 0.233. The second-order valence-electron chi connectivity index (χ2n) is 4.91. The number of carbonyl (C=O) groups is 1. The maximum atomic E-state index is 12.3. The lowest BCUT2D eigenvalue weighted by Crippen LogP contribution is -2.30. The van der Waals surface area contributed by atoms with E-state index in [1.165, 1.54) is 18.1 Å². The van der Waals surface area contributed by atoms with Gasteiger partial charge >= 0.3 is 0 Å². The molecule has 0 saturated heterocycles. The Bertz CT molecular complexity index is 673. The number of carbonyl (C=O) groups excluding carboxylic acids is 1. The summed E-state index contributed by atoms with van der Waals surface area (Å²) in [5.74, 6) is 0.862. The number of amides is 1. The van der Waals surface area contributed by atoms with Crippen LogP contribution in [0.15, 0.2) is 46.9 Å². The number of phenolic OH excluding ortho intramolecular Hbond substituents is 1. The molecule has 0 atom stereocenters. The van der Waals surface area contributed by atoms with Gasteiger partial charge in [0.1, 0.15) is 23.9 Å². The van der Waals surface area contributed by atoms with Crippen LogP contribution in [0.4, 0.5) is 0 Å². The molecule has 0 unspecified atom stereocenters. The molecule has 0 aliphatic carbocycles. The Hall–Kier alpha value is -2.21. The Labute approximate surface area is 143 Å². The van der Waals surface area contributed by atoms with E-state index in [1.54, 1.807) is 19.2 Å². The molecule has 1 amide bonds. The van der Waals surface area contributed by atoms with Gasteiger partial charge in [-0.3, -0.25) is 4.79 Å². The fraction of sp³-hybridized carbons (Fsp3) is 0.235. The second kappa shape index (κ2) is 7.87. The first kappa shape index (κ1) is 17.1. The van der Waals surface area contributed by atoms with E-state index in [-0.39, 0.29) is 17.2 Å². The third kappa shape index (κ3) is 4.63. The number of ether oxygens (including phenoxy) is 2. The maximum Gasteiger partial charge on any atom is 0.257 e. The topological polar surface area (TPSA) is 59.0 Å². The normalized spacial score (nSPS) is 10.2. The summed E-state index contributed by atoms with van der Waals surface area (Å²) in [4.78, 5) is 13.8. The van der Waals surface area contributed by atoms with Crippen molar-refractivity contribution in [1.29, 1.82) is 0 Å². The highest BCUT2D eigenvalue weighted by molar-refractivity contribution is 9.10. The number of methoxy groups -OCH3 is 1. The summed E-state index contributed by atoms with van der Waals surface area (Å²) in [6.07, 6.45) is 0. The molecule has 2 aromatic rings. The number of benzene rings is 2. The van der Waals surface area contributed by atoms with E-state index in [2.05, 4.69) is 15.9 Å². The van der Waals surface area contributed by atoms with Gasteiger partial charge in [-0.25, -0.2) is 0 Å². The standard InChI is InChI=1S/C17H18BrNO4/c1-19(9-10-23-13-5-3-12(18)4-6-13)17(21)15-8-7-14(22-2)11-16(15)20/h3-8,11,20H,9-10H2,1-2H3. The van der Waals surface area contributed by atoms with Crippen molar-refractivity contribution in [3.05, 3.63) is 52.5 Å². The minimum absolute atomic E-state index is 0.102. The molecule has 0 heterocycles. The van der Waals surface area contributed by atoms with Crippen LogP contribution < -0.4 is 9.47 Å². The van der Waals surface area contributed by atoms with E-state index >= 15 is 0 Å². The first-order valence-corrected chi connectivity index (χ1v) is 7.81. The van der Waals surface area contributed by atoms with Gasteiger partial charge in [0, 0.05) is 17.6 Å². The maximum absolute atomic E-state index is 12.3. The van der Waals surface area contributed by atoms with Crippen LogP contribution in [-0.4, -0.2) is 43.2 Å². The average molecular weight is 380 g/mol. The Morgan fingerprint density at radius 2 is 1.83 bits per heavy atom. The summed E-state index contributed by atoms with van der Waals surface area (Å²) in [6.45, 7) is 0.765. The van der Waals surface area contributed by atoms with Gasteiger partial charge in [0.25, 0.3) is 5.91 Å². The quantitative estimate of drug-likeness (QED) is 0.836. The van der Waals surface area contributed by atoms with Gasteiger partial charge in [-0.15, -0.1) is 0 Å². The van der Waals surface area contributed by atoms with Gasteiger partial charge in [-0.2, -0.15) is 0 Å². The number of hydrogen-bond donors (Lipinski definition) is 1. The Kier molecular flexibility index (Phi) is 5.87. The lowest BCUT2D eigenvalue weighted by molar-refractivity contribution is 0.0770. The first-order valence-electron chi connectivity index (χ1n) is 7.02. The van der Waals surface area contributed by atoms with Crippen molar-refractivity contribution < 1.29 is 19.4 Å². The molecule has 0 spiro atoms. The Morgan fingerprint density at radius 3 is 2.43 bits per heavy atom. The number of aromatic hydroxyl groups is 1. The molecule has 0 fully saturated rings. The van der Waals surface area contributed by atoms with Crippen molar-refractivity contribution in [2.75, 3.05) is 27.3 Å². The van der Waals surface area contributed by atoms with Crippen LogP contribution >= 0.6 is 15.9 Å². The van der Waals surface area contributed by atoms with Gasteiger partial charge < -0.3 is 19.5 Å². The molecule has 0 aliphatic heterocycles. The second-order valence-corrected chi connectivity index (χ2v) is 5.83. The largest absolute Gasteiger partial charge is 0.507 e. The number of rotatable bonds is 6. The van der Waals surface area contributed by atoms with E-state index in [9.17, 15) is 9.90 Å². The molecule has 122 valence electrons. The molecule has 0 aromatic heterocycles. The predicted molar refractivity (Wildman–Crippen MR) is 91.3 cm³/mol. The molecule has 2 aromatic carbocycles. The SMILES string of the molecule is COc1ccc(C(=O)N(C)CCOc2ccc(Br)cc2)c(O)c1. The summed E-state index contributed by atoms with van der Waals surface area (Å²) in [7, 11) is 3.17. The zero-order chi connectivity index (χ0) is 16.8. The van der Waals surface area contributed by atoms with Crippen LogP contribution in [0, 0.1) is 0 Å². The molecule has 6 heteroatoms. The molecule has 0 bridgehead atoms. The molecule has 0 saturated carbocycles. The minimum atomic E-state index is -0.274. The van der Waals surface area contributed by atoms with Crippen molar-refractivity contribution in [2.45, 2.75) is 0 Å². The van der Waals surface area contributed by atoms with E-state index in [0.717, 1.165) is 10.2 Å². The van der Waals surface area contributed by atoms with Crippen LogP contribution in [0.2, 0.25) is 0 Å². The van der Waals surface area contributed by atoms with Crippen molar-refractivity contribution in [3.63, 3.8) is 0 Å². The lowest BCUT2D eigenvalue weighted by Gasteiger charge is -2.18. The van der Waals surface area contributed by atoms with Crippen LogP contribution in [0.1, 0.15) is 10.4 Å². The Morgan fingerprint density at radius 1 is 1.17 bits per heavy atom. The predicted octanol–water partition coefficient (Wildman–Crippen LogP) is 3.31. The van der Waals surface area contributed by atoms with E-state index in [4.69, 9.17) is 9.47 Å². The molecule has 23 heavy (non-hydrogen) atoms. The van der Waals surface area contributed by atoms with Crippen LogP contribution in [0.3, 0.4) is 0 Å². The van der Waals surface area contributed by atoms with E-state index in [0.29, 0.717) is 18.9 Å². The van der Waals surface area contributed by atoms with Crippen molar-refractivity contribution in [2.24, 2.45) is 0 Å². The zero-order valence-corrected chi connectivity index (χ0v) is 14.5. The van der Waals surface area contributed by atoms with Crippen LogP contribution in [0.25, 0.3) is 0 Å². The fourth-order valence-electron chi connectivity index (χ4n) is 1.96. The summed E-state index contributed by atoms with van der Waals surface area (Å²) in [6, 6.07) is 12.1. The monoisotopic (exact) mass is 379 g/mol. The summed E-state index contributed by atoms with van der Waals surface area (Å²) in [5, 5.41) is 9.91. The van der Waals surface area contributed by atoms with Gasteiger partial charge in [0.05, 0.1) is 19.2 Å². The van der Waals surface area contributed by atoms with Crippen molar-refractivity contribution >= 4 is 21.8 Å². The Balaban J connectivity index is 1.91. The minimum Gasteiger partial charge on any atom is -0.507 e. The van der Waals surface area contributed by atoms with Crippen molar-refractivity contribution in [3.8, 4) is 17.2 Å². The third-order valence-corrected chi connectivity index (χ3v) is 3.82. The highest BCUT2D eigenvalue weighted by Crippen LogP contribution is 2.24. The third-order valence-electron chi connectivity index (χ3n) is 3.29. The smallest absolute Gasteiger partial charge is 0.257 e.